The quantitative estimate of drug-likeness (QED) is 0.819. The van der Waals surface area contributed by atoms with Crippen LogP contribution in [0, 0.1) is 0 Å². The second-order valence-corrected chi connectivity index (χ2v) is 3.96. The van der Waals surface area contributed by atoms with Crippen molar-refractivity contribution < 1.29 is 9.53 Å². The van der Waals surface area contributed by atoms with Gasteiger partial charge in [-0.05, 0) is 34.5 Å². The lowest BCUT2D eigenvalue weighted by molar-refractivity contribution is -0.124. The summed E-state index contributed by atoms with van der Waals surface area (Å²) in [6, 6.07) is 5.15. The fraction of sp³-hybridized carbons (Fsp3) is 0.300. The number of nitrogen functional groups attached to an aromatic ring is 1. The minimum absolute atomic E-state index is 0.480. The number of carbonyl (C=O) groups excluding carboxylic acids is 1. The predicted octanol–water partition coefficient (Wildman–Crippen LogP) is 1.67. The van der Waals surface area contributed by atoms with Crippen LogP contribution in [0.2, 0.25) is 0 Å². The fourth-order valence-corrected chi connectivity index (χ4v) is 1.45. The van der Waals surface area contributed by atoms with E-state index in [0.29, 0.717) is 17.9 Å². The van der Waals surface area contributed by atoms with Crippen molar-refractivity contribution >= 4 is 27.5 Å². The van der Waals surface area contributed by atoms with Crippen LogP contribution in [0.15, 0.2) is 22.7 Å². The van der Waals surface area contributed by atoms with Crippen molar-refractivity contribution in [2.75, 3.05) is 5.73 Å². The van der Waals surface area contributed by atoms with Gasteiger partial charge in [0.2, 0.25) is 0 Å². The number of hydrogen-bond donors (Lipinski definition) is 2. The molecule has 1 atom stereocenters. The van der Waals surface area contributed by atoms with E-state index in [1.807, 2.05) is 6.92 Å². The highest BCUT2D eigenvalue weighted by Gasteiger charge is 2.15. The number of hydrogen-bond acceptors (Lipinski definition) is 3. The van der Waals surface area contributed by atoms with E-state index in [-0.39, 0.29) is 0 Å². The number of nitrogens with two attached hydrogens (primary N) is 2. The van der Waals surface area contributed by atoms with Crippen molar-refractivity contribution in [3.05, 3.63) is 22.7 Å². The summed E-state index contributed by atoms with van der Waals surface area (Å²) in [7, 11) is 0. The largest absolute Gasteiger partial charge is 0.479 e. The van der Waals surface area contributed by atoms with Crippen LogP contribution in [0.5, 0.6) is 5.75 Å². The van der Waals surface area contributed by atoms with Gasteiger partial charge in [-0.15, -0.1) is 0 Å². The zero-order valence-electron chi connectivity index (χ0n) is 8.37. The minimum Gasteiger partial charge on any atom is -0.479 e. The number of halogens is 1. The van der Waals surface area contributed by atoms with Gasteiger partial charge in [0, 0.05) is 11.8 Å². The maximum atomic E-state index is 11.0. The van der Waals surface area contributed by atoms with Gasteiger partial charge in [0.1, 0.15) is 5.75 Å². The van der Waals surface area contributed by atoms with E-state index in [2.05, 4.69) is 15.9 Å². The molecule has 1 rings (SSSR count). The summed E-state index contributed by atoms with van der Waals surface area (Å²) in [6.07, 6.45) is -0.0978. The average molecular weight is 273 g/mol. The zero-order chi connectivity index (χ0) is 11.4. The topological polar surface area (TPSA) is 78.3 Å². The minimum atomic E-state index is -0.622. The van der Waals surface area contributed by atoms with Crippen molar-refractivity contribution in [1.82, 2.24) is 0 Å². The first-order valence-corrected chi connectivity index (χ1v) is 5.35. The number of carbonyl (C=O) groups is 1. The van der Waals surface area contributed by atoms with Gasteiger partial charge >= 0.3 is 0 Å². The standard InChI is InChI=1S/C10H13BrN2O2/c1-2-8(10(13)14)15-9-5-6(12)3-4-7(9)11/h3-5,8H,2,12H2,1H3,(H2,13,14). The lowest BCUT2D eigenvalue weighted by Crippen LogP contribution is -2.33. The highest BCUT2D eigenvalue weighted by molar-refractivity contribution is 9.10. The maximum Gasteiger partial charge on any atom is 0.258 e. The number of amides is 1. The molecule has 1 amide bonds. The first-order valence-electron chi connectivity index (χ1n) is 4.55. The lowest BCUT2D eigenvalue weighted by Gasteiger charge is -2.15. The maximum absolute atomic E-state index is 11.0. The average Bonchev–Trinajstić information content (AvgIpc) is 2.18. The normalized spacial score (nSPS) is 12.1. The molecule has 4 N–H and O–H groups in total. The second-order valence-electron chi connectivity index (χ2n) is 3.11. The monoisotopic (exact) mass is 272 g/mol. The molecule has 4 nitrogen and oxygen atoms in total. The number of primary amides is 1. The number of rotatable bonds is 4. The molecule has 0 aliphatic heterocycles. The first kappa shape index (κ1) is 11.8. The molecular weight excluding hydrogens is 260 g/mol. The molecule has 5 heteroatoms. The van der Waals surface area contributed by atoms with Crippen molar-refractivity contribution in [3.8, 4) is 5.75 Å². The van der Waals surface area contributed by atoms with E-state index >= 15 is 0 Å². The highest BCUT2D eigenvalue weighted by Crippen LogP contribution is 2.28. The van der Waals surface area contributed by atoms with Crippen molar-refractivity contribution in [1.29, 1.82) is 0 Å². The van der Waals surface area contributed by atoms with E-state index in [1.54, 1.807) is 18.2 Å². The van der Waals surface area contributed by atoms with Crippen LogP contribution in [-0.4, -0.2) is 12.0 Å². The molecule has 0 bridgehead atoms. The SMILES string of the molecule is CCC(Oc1cc(N)ccc1Br)C(N)=O. The van der Waals surface area contributed by atoms with Crippen LogP contribution < -0.4 is 16.2 Å². The molecule has 1 aromatic rings. The van der Waals surface area contributed by atoms with Crippen LogP contribution >= 0.6 is 15.9 Å². The Kier molecular flexibility index (Phi) is 3.96. The number of ether oxygens (including phenoxy) is 1. The summed E-state index contributed by atoms with van der Waals surface area (Å²) in [6.45, 7) is 1.83. The first-order chi connectivity index (χ1) is 7.04. The summed E-state index contributed by atoms with van der Waals surface area (Å²) >= 11 is 3.30. The number of benzene rings is 1. The Bertz CT molecular complexity index is 368. The van der Waals surface area contributed by atoms with Gasteiger partial charge in [-0.25, -0.2) is 0 Å². The Morgan fingerprint density at radius 3 is 2.80 bits per heavy atom. The smallest absolute Gasteiger partial charge is 0.258 e. The summed E-state index contributed by atoms with van der Waals surface area (Å²) < 4.78 is 6.18. The third-order valence-electron chi connectivity index (χ3n) is 1.91. The molecule has 0 heterocycles. The summed E-state index contributed by atoms with van der Waals surface area (Å²) in [4.78, 5) is 11.0. The van der Waals surface area contributed by atoms with Crippen LogP contribution in [0.25, 0.3) is 0 Å². The molecule has 82 valence electrons. The van der Waals surface area contributed by atoms with E-state index in [1.165, 1.54) is 0 Å². The molecule has 0 fully saturated rings. The molecule has 1 unspecified atom stereocenters. The van der Waals surface area contributed by atoms with Gasteiger partial charge in [0.25, 0.3) is 5.91 Å². The van der Waals surface area contributed by atoms with Crippen LogP contribution in [0.4, 0.5) is 5.69 Å². The van der Waals surface area contributed by atoms with E-state index in [9.17, 15) is 4.79 Å². The summed E-state index contributed by atoms with van der Waals surface area (Å²) in [5.41, 5.74) is 11.4. The predicted molar refractivity (Wildman–Crippen MR) is 62.5 cm³/mol. The van der Waals surface area contributed by atoms with Gasteiger partial charge < -0.3 is 16.2 Å². The Morgan fingerprint density at radius 2 is 2.27 bits per heavy atom. The van der Waals surface area contributed by atoms with Gasteiger partial charge in [-0.1, -0.05) is 6.92 Å². The summed E-state index contributed by atoms with van der Waals surface area (Å²) in [5.74, 6) is 0.0486. The molecule has 0 aromatic heterocycles. The van der Waals surface area contributed by atoms with Gasteiger partial charge in [-0.3, -0.25) is 4.79 Å². The molecule has 0 saturated carbocycles. The molecule has 0 spiro atoms. The molecular formula is C10H13BrN2O2. The molecule has 1 aromatic carbocycles. The van der Waals surface area contributed by atoms with Crippen LogP contribution in [0.1, 0.15) is 13.3 Å². The molecule has 0 aliphatic rings. The Labute approximate surface area is 96.7 Å². The van der Waals surface area contributed by atoms with Gasteiger partial charge in [0.15, 0.2) is 6.10 Å². The zero-order valence-corrected chi connectivity index (χ0v) is 9.95. The van der Waals surface area contributed by atoms with Crippen molar-refractivity contribution in [2.24, 2.45) is 5.73 Å². The second kappa shape index (κ2) is 5.02. The van der Waals surface area contributed by atoms with Crippen LogP contribution in [-0.2, 0) is 4.79 Å². The molecule has 0 aliphatic carbocycles. The van der Waals surface area contributed by atoms with Gasteiger partial charge in [-0.2, -0.15) is 0 Å². The van der Waals surface area contributed by atoms with Crippen LogP contribution in [0.3, 0.4) is 0 Å². The Balaban J connectivity index is 2.87. The lowest BCUT2D eigenvalue weighted by atomic mass is 10.2. The Morgan fingerprint density at radius 1 is 1.60 bits per heavy atom. The van der Waals surface area contributed by atoms with E-state index < -0.39 is 12.0 Å². The van der Waals surface area contributed by atoms with Gasteiger partial charge in [0.05, 0.1) is 4.47 Å². The van der Waals surface area contributed by atoms with Crippen molar-refractivity contribution in [2.45, 2.75) is 19.4 Å². The summed E-state index contributed by atoms with van der Waals surface area (Å²) in [5, 5.41) is 0. The Hall–Kier alpha value is -1.23. The molecule has 0 saturated heterocycles. The third kappa shape index (κ3) is 3.13. The van der Waals surface area contributed by atoms with E-state index in [0.717, 1.165) is 4.47 Å². The number of anilines is 1. The highest BCUT2D eigenvalue weighted by atomic mass is 79.9. The third-order valence-corrected chi connectivity index (χ3v) is 2.57. The molecule has 15 heavy (non-hydrogen) atoms. The van der Waals surface area contributed by atoms with E-state index in [4.69, 9.17) is 16.2 Å². The van der Waals surface area contributed by atoms with Crippen molar-refractivity contribution in [3.63, 3.8) is 0 Å². The molecule has 0 radical (unpaired) electrons. The fourth-order valence-electron chi connectivity index (χ4n) is 1.11.